The predicted molar refractivity (Wildman–Crippen MR) is 224 cm³/mol. The second-order valence-corrected chi connectivity index (χ2v) is 17.7. The number of ketones is 1. The van der Waals surface area contributed by atoms with Crippen LogP contribution in [0.3, 0.4) is 0 Å². The van der Waals surface area contributed by atoms with Crippen molar-refractivity contribution >= 4 is 79.4 Å². The highest BCUT2D eigenvalue weighted by Gasteiger charge is 2.58. The maximum atomic E-state index is 13.3. The standard InChI is InChI=1S/C43H48N2O4S3/c1-6-8-10-15-36(46)38(52-41(50)51-26-9-7-2)25-18-29-16-19-31(20-17-29)40(47)48-32-23-21-30-22-24-37-39(33(30)27-32)44-28-43(49-37)42(3,4)34-13-11-12-14-35(34)45(43)5/h11-14,16-17,19-24,27-28,38H,6-10,15,18,25-26H2,1-5H3. The van der Waals surface area contributed by atoms with Gasteiger partial charge in [-0.1, -0.05) is 99.6 Å². The molecule has 0 saturated heterocycles. The Labute approximate surface area is 322 Å². The van der Waals surface area contributed by atoms with Gasteiger partial charge in [0, 0.05) is 24.5 Å². The van der Waals surface area contributed by atoms with E-state index in [4.69, 9.17) is 26.7 Å². The van der Waals surface area contributed by atoms with E-state index in [-0.39, 0.29) is 16.4 Å². The van der Waals surface area contributed by atoms with Crippen molar-refractivity contribution in [2.45, 2.75) is 95.5 Å². The van der Waals surface area contributed by atoms with E-state index in [2.05, 4.69) is 50.8 Å². The van der Waals surface area contributed by atoms with Crippen LogP contribution in [0, 0.1) is 0 Å². The van der Waals surface area contributed by atoms with Crippen LogP contribution < -0.4 is 14.4 Å². The third-order valence-corrected chi connectivity index (χ3v) is 13.3. The molecular weight excluding hydrogens is 705 g/mol. The minimum Gasteiger partial charge on any atom is -0.459 e. The Balaban J connectivity index is 1.12. The monoisotopic (exact) mass is 752 g/mol. The Hall–Kier alpha value is -3.66. The Morgan fingerprint density at radius 2 is 1.71 bits per heavy atom. The van der Waals surface area contributed by atoms with E-state index < -0.39 is 11.7 Å². The first kappa shape index (κ1) is 38.1. The number of thiocarbonyl (C=S) groups is 1. The van der Waals surface area contributed by atoms with Gasteiger partial charge in [0.05, 0.1) is 22.4 Å². The number of ether oxygens (including phenoxy) is 2. The molecule has 0 amide bonds. The zero-order valence-electron chi connectivity index (χ0n) is 30.8. The molecule has 2 heterocycles. The third-order valence-electron chi connectivity index (χ3n) is 10.3. The van der Waals surface area contributed by atoms with Crippen LogP contribution in [0.15, 0.2) is 83.9 Å². The zero-order chi connectivity index (χ0) is 36.9. The molecular formula is C43H48N2O4S3. The van der Waals surface area contributed by atoms with Gasteiger partial charge >= 0.3 is 5.97 Å². The normalized spacial score (nSPS) is 17.4. The first-order valence-corrected chi connectivity index (χ1v) is 20.7. The molecule has 2 unspecified atom stereocenters. The van der Waals surface area contributed by atoms with Crippen molar-refractivity contribution < 1.29 is 19.1 Å². The van der Waals surface area contributed by atoms with Gasteiger partial charge in [0.15, 0.2) is 0 Å². The topological polar surface area (TPSA) is 68.2 Å². The number of carbonyl (C=O) groups is 2. The number of hydrogen-bond acceptors (Lipinski definition) is 9. The van der Waals surface area contributed by atoms with Crippen LogP contribution in [0.5, 0.6) is 11.5 Å². The maximum Gasteiger partial charge on any atom is 0.343 e. The van der Waals surface area contributed by atoms with E-state index in [1.807, 2.05) is 55.7 Å². The number of likely N-dealkylation sites (N-methyl/N-ethyl adjacent to an activating group) is 1. The first-order valence-electron chi connectivity index (χ1n) is 18.4. The summed E-state index contributed by atoms with van der Waals surface area (Å²) in [5.74, 6) is 1.96. The molecule has 0 aliphatic carbocycles. The number of para-hydroxylation sites is 1. The third kappa shape index (κ3) is 7.82. The van der Waals surface area contributed by atoms with Crippen molar-refractivity contribution in [1.82, 2.24) is 0 Å². The van der Waals surface area contributed by atoms with E-state index in [1.165, 1.54) is 5.56 Å². The number of aryl methyl sites for hydroxylation is 1. The number of carbonyl (C=O) groups excluding carboxylic acids is 2. The lowest BCUT2D eigenvalue weighted by atomic mass is 9.77. The van der Waals surface area contributed by atoms with E-state index in [0.717, 1.165) is 69.8 Å². The van der Waals surface area contributed by atoms with Gasteiger partial charge in [0.25, 0.3) is 0 Å². The van der Waals surface area contributed by atoms with Crippen LogP contribution in [0.2, 0.25) is 0 Å². The summed E-state index contributed by atoms with van der Waals surface area (Å²) in [5, 5.41) is 1.67. The quantitative estimate of drug-likeness (QED) is 0.0546. The molecule has 0 saturated carbocycles. The highest BCUT2D eigenvalue weighted by molar-refractivity contribution is 8.47. The number of rotatable bonds is 14. The van der Waals surface area contributed by atoms with Crippen LogP contribution >= 0.6 is 35.7 Å². The molecule has 0 bridgehead atoms. The number of aliphatic imine (C=N–C) groups is 1. The summed E-state index contributed by atoms with van der Waals surface area (Å²) in [6.07, 6.45) is 9.28. The molecule has 0 radical (unpaired) electrons. The lowest BCUT2D eigenvalue weighted by Gasteiger charge is -2.45. The van der Waals surface area contributed by atoms with Gasteiger partial charge in [-0.15, -0.1) is 11.8 Å². The molecule has 6 nitrogen and oxygen atoms in total. The Morgan fingerprint density at radius 1 is 0.962 bits per heavy atom. The minimum absolute atomic E-state index is 0.149. The SMILES string of the molecule is CCCCCC(=O)C(CCc1ccc(C(=O)Oc2ccc3ccc4c(c3c2)N=CC2(O4)N(C)c3ccccc3C2(C)C)cc1)SC(=S)SCCCC. The van der Waals surface area contributed by atoms with Crippen molar-refractivity contribution in [2.24, 2.45) is 4.99 Å². The van der Waals surface area contributed by atoms with Crippen LogP contribution in [0.4, 0.5) is 11.4 Å². The van der Waals surface area contributed by atoms with Gasteiger partial charge in [0.1, 0.15) is 26.5 Å². The molecule has 0 N–H and O–H groups in total. The molecule has 2 aliphatic rings. The van der Waals surface area contributed by atoms with E-state index in [9.17, 15) is 9.59 Å². The smallest absolute Gasteiger partial charge is 0.343 e. The minimum atomic E-state index is -0.780. The molecule has 1 spiro atoms. The zero-order valence-corrected chi connectivity index (χ0v) is 33.2. The number of thioether (sulfide) groups is 2. The molecule has 2 atom stereocenters. The summed E-state index contributed by atoms with van der Waals surface area (Å²) in [6, 6.07) is 25.5. The summed E-state index contributed by atoms with van der Waals surface area (Å²) < 4.78 is 13.6. The largest absolute Gasteiger partial charge is 0.459 e. The number of anilines is 1. The summed E-state index contributed by atoms with van der Waals surface area (Å²) >= 11 is 8.88. The molecule has 4 aromatic rings. The van der Waals surface area contributed by atoms with Crippen molar-refractivity contribution in [3.05, 3.63) is 95.6 Å². The first-order chi connectivity index (χ1) is 25.1. The second kappa shape index (κ2) is 16.6. The lowest BCUT2D eigenvalue weighted by molar-refractivity contribution is -0.118. The predicted octanol–water partition coefficient (Wildman–Crippen LogP) is 11.3. The molecule has 0 fully saturated rings. The number of fused-ring (bicyclic) bond motifs is 4. The van der Waals surface area contributed by atoms with E-state index >= 15 is 0 Å². The average molecular weight is 753 g/mol. The molecule has 9 heteroatoms. The Kier molecular flexibility index (Phi) is 12.1. The van der Waals surface area contributed by atoms with Gasteiger partial charge in [-0.2, -0.15) is 0 Å². The van der Waals surface area contributed by atoms with Gasteiger partial charge in [-0.3, -0.25) is 9.79 Å². The summed E-state index contributed by atoms with van der Waals surface area (Å²) in [7, 11) is 2.05. The fraction of sp³-hybridized carbons (Fsp3) is 0.395. The number of unbranched alkanes of at least 4 members (excludes halogenated alkanes) is 3. The summed E-state index contributed by atoms with van der Waals surface area (Å²) in [5.41, 5.74) is 3.45. The summed E-state index contributed by atoms with van der Waals surface area (Å²) in [4.78, 5) is 33.6. The van der Waals surface area contributed by atoms with E-state index in [0.29, 0.717) is 35.6 Å². The van der Waals surface area contributed by atoms with Crippen LogP contribution in [-0.2, 0) is 16.6 Å². The van der Waals surface area contributed by atoms with Crippen molar-refractivity contribution in [1.29, 1.82) is 0 Å². The van der Waals surface area contributed by atoms with Crippen molar-refractivity contribution in [3.8, 4) is 11.5 Å². The highest BCUT2D eigenvalue weighted by Crippen LogP contribution is 2.54. The molecule has 4 aromatic carbocycles. The van der Waals surface area contributed by atoms with Crippen molar-refractivity contribution in [3.63, 3.8) is 0 Å². The van der Waals surface area contributed by atoms with Gasteiger partial charge in [-0.25, -0.2) is 4.79 Å². The van der Waals surface area contributed by atoms with Crippen LogP contribution in [0.1, 0.15) is 94.1 Å². The Bertz CT molecular complexity index is 1980. The van der Waals surface area contributed by atoms with Crippen LogP contribution in [-0.4, -0.2) is 45.3 Å². The number of benzene rings is 4. The van der Waals surface area contributed by atoms with Gasteiger partial charge in [-0.05, 0) is 98.2 Å². The molecule has 2 aliphatic heterocycles. The van der Waals surface area contributed by atoms with Gasteiger partial charge in [0.2, 0.25) is 5.72 Å². The summed E-state index contributed by atoms with van der Waals surface area (Å²) in [6.45, 7) is 8.70. The lowest BCUT2D eigenvalue weighted by Crippen LogP contribution is -2.61. The average Bonchev–Trinajstić information content (AvgIpc) is 3.31. The number of Topliss-reactive ketones (excluding diaryl/α,β-unsaturated/α-hetero) is 1. The highest BCUT2D eigenvalue weighted by atomic mass is 32.2. The number of esters is 1. The fourth-order valence-electron chi connectivity index (χ4n) is 7.13. The fourth-order valence-corrected chi connectivity index (χ4v) is 9.92. The van der Waals surface area contributed by atoms with Gasteiger partial charge < -0.3 is 14.4 Å². The van der Waals surface area contributed by atoms with Crippen molar-refractivity contribution in [2.75, 3.05) is 17.7 Å². The Morgan fingerprint density at radius 3 is 2.46 bits per heavy atom. The number of hydrogen-bond donors (Lipinski definition) is 0. The molecule has 52 heavy (non-hydrogen) atoms. The number of nitrogens with zero attached hydrogens (tertiary/aromatic N) is 2. The molecule has 272 valence electrons. The van der Waals surface area contributed by atoms with Crippen LogP contribution in [0.25, 0.3) is 10.8 Å². The van der Waals surface area contributed by atoms with E-state index in [1.54, 1.807) is 41.7 Å². The maximum absolute atomic E-state index is 13.3. The molecule has 6 rings (SSSR count). The second-order valence-electron chi connectivity index (χ2n) is 14.2. The molecule has 0 aromatic heterocycles.